The predicted octanol–water partition coefficient (Wildman–Crippen LogP) is 3.29. The van der Waals surface area contributed by atoms with E-state index in [-0.39, 0.29) is 23.3 Å². The maximum Gasteiger partial charge on any atom is 0.270 e. The van der Waals surface area contributed by atoms with Crippen LogP contribution in [0.1, 0.15) is 23.0 Å². The van der Waals surface area contributed by atoms with Gasteiger partial charge < -0.3 is 16.0 Å². The monoisotopic (exact) mass is 393 g/mol. The van der Waals surface area contributed by atoms with Crippen LogP contribution >= 0.6 is 0 Å². The summed E-state index contributed by atoms with van der Waals surface area (Å²) in [5.74, 6) is -0.283. The molecule has 2 amide bonds. The highest BCUT2D eigenvalue weighted by Gasteiger charge is 2.09. The number of anilines is 3. The third kappa shape index (κ3) is 6.10. The molecule has 0 aliphatic carbocycles. The lowest BCUT2D eigenvalue weighted by Gasteiger charge is -2.09. The number of amides is 2. The van der Waals surface area contributed by atoms with Crippen molar-refractivity contribution in [2.75, 3.05) is 17.2 Å². The van der Waals surface area contributed by atoms with Crippen LogP contribution in [0.2, 0.25) is 0 Å². The van der Waals surface area contributed by atoms with Crippen molar-refractivity contribution in [1.29, 1.82) is 0 Å². The van der Waals surface area contributed by atoms with Gasteiger partial charge in [0.15, 0.2) is 0 Å². The zero-order chi connectivity index (χ0) is 20.6. The third-order valence-electron chi connectivity index (χ3n) is 3.99. The number of aromatic nitrogens is 2. The number of nitrogens with one attached hydrogen (secondary N) is 3. The first-order chi connectivity index (χ1) is 14.0. The summed E-state index contributed by atoms with van der Waals surface area (Å²) in [6.45, 7) is 1.85. The van der Waals surface area contributed by atoms with Gasteiger partial charge in [0.25, 0.3) is 5.91 Å². The Labute approximate surface area is 167 Å². The van der Waals surface area contributed by atoms with Crippen LogP contribution < -0.4 is 16.0 Å². The van der Waals surface area contributed by atoms with Crippen LogP contribution in [0, 0.1) is 5.82 Å². The first kappa shape index (κ1) is 19.9. The average Bonchev–Trinajstić information content (AvgIpc) is 2.71. The Morgan fingerprint density at radius 1 is 0.966 bits per heavy atom. The van der Waals surface area contributed by atoms with Crippen LogP contribution in [0.5, 0.6) is 0 Å². The second-order valence-corrected chi connectivity index (χ2v) is 6.30. The molecule has 0 atom stereocenters. The number of carbonyl (C=O) groups is 2. The number of nitrogens with zero attached hydrogens (tertiary/aromatic N) is 2. The van der Waals surface area contributed by atoms with E-state index in [1.165, 1.54) is 25.4 Å². The maximum atomic E-state index is 12.9. The fourth-order valence-electron chi connectivity index (χ4n) is 2.60. The molecule has 0 saturated heterocycles. The summed E-state index contributed by atoms with van der Waals surface area (Å²) in [5.41, 5.74) is 2.60. The molecule has 0 saturated carbocycles. The van der Waals surface area contributed by atoms with Crippen LogP contribution in [-0.4, -0.2) is 28.3 Å². The second-order valence-electron chi connectivity index (χ2n) is 6.30. The number of hydrogen-bond acceptors (Lipinski definition) is 5. The Morgan fingerprint density at radius 3 is 2.34 bits per heavy atom. The van der Waals surface area contributed by atoms with Crippen molar-refractivity contribution in [1.82, 2.24) is 15.3 Å². The summed E-state index contributed by atoms with van der Waals surface area (Å²) in [6.07, 6.45) is 1.89. The van der Waals surface area contributed by atoms with Gasteiger partial charge in [-0.05, 0) is 48.4 Å². The van der Waals surface area contributed by atoms with Gasteiger partial charge >= 0.3 is 0 Å². The van der Waals surface area contributed by atoms with Crippen LogP contribution in [0.3, 0.4) is 0 Å². The lowest BCUT2D eigenvalue weighted by Crippen LogP contribution is -2.26. The molecule has 0 fully saturated rings. The van der Waals surface area contributed by atoms with E-state index in [0.29, 0.717) is 24.5 Å². The van der Waals surface area contributed by atoms with Gasteiger partial charge in [-0.25, -0.2) is 14.4 Å². The highest BCUT2D eigenvalue weighted by atomic mass is 19.1. The molecule has 0 radical (unpaired) electrons. The van der Waals surface area contributed by atoms with E-state index < -0.39 is 0 Å². The van der Waals surface area contributed by atoms with Gasteiger partial charge in [-0.2, -0.15) is 0 Å². The number of benzene rings is 2. The standard InChI is InChI=1S/C21H20FN5O2/c1-14(28)26-17-6-8-18(9-7-17)27-20-12-19(24-13-25-20)21(29)23-11-10-15-2-4-16(22)5-3-15/h2-9,12-13H,10-11H2,1H3,(H,23,29)(H,26,28)(H,24,25,27). The Balaban J connectivity index is 1.56. The highest BCUT2D eigenvalue weighted by molar-refractivity contribution is 5.93. The topological polar surface area (TPSA) is 96.0 Å². The molecule has 8 heteroatoms. The number of carbonyl (C=O) groups excluding carboxylic acids is 2. The van der Waals surface area contributed by atoms with Gasteiger partial charge in [-0.1, -0.05) is 12.1 Å². The van der Waals surface area contributed by atoms with Crippen LogP contribution in [0.25, 0.3) is 0 Å². The molecular formula is C21H20FN5O2. The Bertz CT molecular complexity index is 991. The lowest BCUT2D eigenvalue weighted by atomic mass is 10.1. The van der Waals surface area contributed by atoms with Gasteiger partial charge in [-0.3, -0.25) is 9.59 Å². The smallest absolute Gasteiger partial charge is 0.270 e. The molecule has 1 heterocycles. The quantitative estimate of drug-likeness (QED) is 0.572. The molecule has 2 aromatic carbocycles. The van der Waals surface area contributed by atoms with Crippen molar-refractivity contribution >= 4 is 29.0 Å². The Kier molecular flexibility index (Phi) is 6.47. The Hall–Kier alpha value is -3.81. The Morgan fingerprint density at radius 2 is 1.66 bits per heavy atom. The predicted molar refractivity (Wildman–Crippen MR) is 108 cm³/mol. The molecule has 3 rings (SSSR count). The zero-order valence-electron chi connectivity index (χ0n) is 15.8. The molecule has 1 aromatic heterocycles. The largest absolute Gasteiger partial charge is 0.350 e. The van der Waals surface area contributed by atoms with Gasteiger partial charge in [0, 0.05) is 30.9 Å². The molecule has 0 unspecified atom stereocenters. The molecule has 29 heavy (non-hydrogen) atoms. The van der Waals surface area contributed by atoms with Crippen molar-refractivity contribution in [3.8, 4) is 0 Å². The molecule has 148 valence electrons. The molecule has 7 nitrogen and oxygen atoms in total. The summed E-state index contributed by atoms with van der Waals surface area (Å²) in [7, 11) is 0. The van der Waals surface area contributed by atoms with Crippen LogP contribution in [-0.2, 0) is 11.2 Å². The summed E-state index contributed by atoms with van der Waals surface area (Å²) in [4.78, 5) is 31.5. The van der Waals surface area contributed by atoms with Crippen molar-refractivity contribution in [3.05, 3.63) is 78.0 Å². The highest BCUT2D eigenvalue weighted by Crippen LogP contribution is 2.17. The molecule has 0 aliphatic rings. The van der Waals surface area contributed by atoms with E-state index in [2.05, 4.69) is 25.9 Å². The minimum absolute atomic E-state index is 0.142. The van der Waals surface area contributed by atoms with Gasteiger partial charge in [0.05, 0.1) is 0 Å². The summed E-state index contributed by atoms with van der Waals surface area (Å²) in [6, 6.07) is 14.8. The first-order valence-corrected chi connectivity index (χ1v) is 8.99. The summed E-state index contributed by atoms with van der Waals surface area (Å²) >= 11 is 0. The number of hydrogen-bond donors (Lipinski definition) is 3. The van der Waals surface area contributed by atoms with Crippen molar-refractivity contribution in [2.45, 2.75) is 13.3 Å². The van der Waals surface area contributed by atoms with E-state index in [4.69, 9.17) is 0 Å². The normalized spacial score (nSPS) is 10.3. The van der Waals surface area contributed by atoms with Crippen LogP contribution in [0.15, 0.2) is 60.9 Å². The third-order valence-corrected chi connectivity index (χ3v) is 3.99. The fourth-order valence-corrected chi connectivity index (χ4v) is 2.60. The van der Waals surface area contributed by atoms with E-state index in [9.17, 15) is 14.0 Å². The van der Waals surface area contributed by atoms with Crippen LogP contribution in [0.4, 0.5) is 21.6 Å². The minimum atomic E-state index is -0.321. The summed E-state index contributed by atoms with van der Waals surface area (Å²) in [5, 5.41) is 8.57. The SMILES string of the molecule is CC(=O)Nc1ccc(Nc2cc(C(=O)NCCc3ccc(F)cc3)ncn2)cc1. The lowest BCUT2D eigenvalue weighted by molar-refractivity contribution is -0.114. The van der Waals surface area contributed by atoms with E-state index >= 15 is 0 Å². The van der Waals surface area contributed by atoms with Crippen molar-refractivity contribution in [3.63, 3.8) is 0 Å². The summed E-state index contributed by atoms with van der Waals surface area (Å²) < 4.78 is 12.9. The van der Waals surface area contributed by atoms with Crippen molar-refractivity contribution in [2.24, 2.45) is 0 Å². The van der Waals surface area contributed by atoms with Gasteiger partial charge in [0.2, 0.25) is 5.91 Å². The van der Waals surface area contributed by atoms with E-state index in [1.807, 2.05) is 0 Å². The van der Waals surface area contributed by atoms with Crippen molar-refractivity contribution < 1.29 is 14.0 Å². The number of rotatable bonds is 7. The second kappa shape index (κ2) is 9.41. The molecule has 0 aliphatic heterocycles. The van der Waals surface area contributed by atoms with Gasteiger partial charge in [0.1, 0.15) is 23.7 Å². The molecule has 0 spiro atoms. The molecule has 3 aromatic rings. The van der Waals surface area contributed by atoms with E-state index in [1.54, 1.807) is 42.5 Å². The molecular weight excluding hydrogens is 373 g/mol. The van der Waals surface area contributed by atoms with Gasteiger partial charge in [-0.15, -0.1) is 0 Å². The average molecular weight is 393 g/mol. The molecule has 3 N–H and O–H groups in total. The number of halogens is 1. The zero-order valence-corrected chi connectivity index (χ0v) is 15.8. The first-order valence-electron chi connectivity index (χ1n) is 8.99. The minimum Gasteiger partial charge on any atom is -0.350 e. The fraction of sp³-hybridized carbons (Fsp3) is 0.143. The maximum absolute atomic E-state index is 12.9. The molecule has 0 bridgehead atoms. The van der Waals surface area contributed by atoms with E-state index in [0.717, 1.165) is 11.3 Å².